The van der Waals surface area contributed by atoms with E-state index in [1.165, 1.54) is 36.4 Å². The van der Waals surface area contributed by atoms with Gasteiger partial charge in [-0.25, -0.2) is 12.8 Å². The smallest absolute Gasteiger partial charge is 0.251 e. The van der Waals surface area contributed by atoms with Crippen molar-refractivity contribution < 1.29 is 22.4 Å². The van der Waals surface area contributed by atoms with E-state index < -0.39 is 40.0 Å². The fourth-order valence-corrected chi connectivity index (χ4v) is 5.08. The van der Waals surface area contributed by atoms with Crippen LogP contribution < -0.4 is 21.1 Å². The highest BCUT2D eigenvalue weighted by Gasteiger charge is 2.26. The standard InChI is InChI=1S/C24H23ClFN5O4S/c25-19-9-18(24(33)30-12-15-4-6-17(7-5-15)23(28)29)10-21(11-19)31(13-22(27)32)36(34,35)14-16-2-1-3-20(26)8-16/h1-11H,12-14H2,(H2,27,32)(H3,28,29)(H,30,33). The fraction of sp³-hybridized carbons (Fsp3) is 0.125. The van der Waals surface area contributed by atoms with Crippen LogP contribution in [0.5, 0.6) is 0 Å². The number of hydrogen-bond acceptors (Lipinski definition) is 5. The van der Waals surface area contributed by atoms with Crippen LogP contribution in [0.1, 0.15) is 27.0 Å². The Labute approximate surface area is 212 Å². The Hall–Kier alpha value is -3.96. The maximum absolute atomic E-state index is 13.6. The number of nitrogens with two attached hydrogens (primary N) is 2. The number of amides is 2. The van der Waals surface area contributed by atoms with Crippen LogP contribution in [0, 0.1) is 11.2 Å². The van der Waals surface area contributed by atoms with Crippen molar-refractivity contribution in [2.45, 2.75) is 12.3 Å². The number of halogens is 2. The molecule has 0 aliphatic carbocycles. The highest BCUT2D eigenvalue weighted by atomic mass is 35.5. The molecule has 9 nitrogen and oxygen atoms in total. The number of benzene rings is 3. The number of carbonyl (C=O) groups excluding carboxylic acids is 2. The summed E-state index contributed by atoms with van der Waals surface area (Å²) in [5.41, 5.74) is 12.2. The lowest BCUT2D eigenvalue weighted by atomic mass is 10.1. The third-order valence-electron chi connectivity index (χ3n) is 5.02. The van der Waals surface area contributed by atoms with Gasteiger partial charge in [0.15, 0.2) is 0 Å². The highest BCUT2D eigenvalue weighted by molar-refractivity contribution is 7.92. The lowest BCUT2D eigenvalue weighted by Gasteiger charge is -2.24. The number of hydrogen-bond donors (Lipinski definition) is 4. The summed E-state index contributed by atoms with van der Waals surface area (Å²) in [6.07, 6.45) is 0. The van der Waals surface area contributed by atoms with Crippen LogP contribution in [0.3, 0.4) is 0 Å². The van der Waals surface area contributed by atoms with E-state index in [-0.39, 0.29) is 34.2 Å². The van der Waals surface area contributed by atoms with Gasteiger partial charge in [0.2, 0.25) is 15.9 Å². The second kappa shape index (κ2) is 11.2. The van der Waals surface area contributed by atoms with Crippen LogP contribution in [-0.4, -0.2) is 32.6 Å². The molecule has 0 aliphatic rings. The lowest BCUT2D eigenvalue weighted by molar-refractivity contribution is -0.116. The normalized spacial score (nSPS) is 11.1. The molecule has 0 saturated heterocycles. The van der Waals surface area contributed by atoms with Gasteiger partial charge >= 0.3 is 0 Å². The topological polar surface area (TPSA) is 159 Å². The number of primary amides is 1. The van der Waals surface area contributed by atoms with Gasteiger partial charge < -0.3 is 16.8 Å². The van der Waals surface area contributed by atoms with E-state index >= 15 is 0 Å². The molecule has 3 aromatic rings. The molecule has 0 fully saturated rings. The molecule has 0 spiro atoms. The molecule has 3 rings (SSSR count). The minimum Gasteiger partial charge on any atom is -0.384 e. The van der Waals surface area contributed by atoms with Crippen LogP contribution in [-0.2, 0) is 27.1 Å². The van der Waals surface area contributed by atoms with Crippen LogP contribution >= 0.6 is 11.6 Å². The van der Waals surface area contributed by atoms with E-state index in [1.54, 1.807) is 24.3 Å². The molecule has 0 saturated carbocycles. The molecular formula is C24H23ClFN5O4S. The Morgan fingerprint density at radius 3 is 2.28 bits per heavy atom. The molecule has 0 radical (unpaired) electrons. The molecule has 3 aromatic carbocycles. The first-order valence-electron chi connectivity index (χ1n) is 10.5. The molecular weight excluding hydrogens is 509 g/mol. The van der Waals surface area contributed by atoms with Crippen molar-refractivity contribution in [3.8, 4) is 0 Å². The number of amidine groups is 1. The summed E-state index contributed by atoms with van der Waals surface area (Å²) < 4.78 is 40.6. The van der Waals surface area contributed by atoms with E-state index in [0.29, 0.717) is 5.56 Å². The fourth-order valence-electron chi connectivity index (χ4n) is 3.34. The Balaban J connectivity index is 1.85. The van der Waals surface area contributed by atoms with Gasteiger partial charge in [-0.3, -0.25) is 19.3 Å². The Morgan fingerprint density at radius 1 is 0.972 bits per heavy atom. The number of nitrogens with one attached hydrogen (secondary N) is 2. The van der Waals surface area contributed by atoms with E-state index in [4.69, 9.17) is 28.5 Å². The van der Waals surface area contributed by atoms with Gasteiger partial charge in [-0.1, -0.05) is 48.0 Å². The molecule has 0 heterocycles. The molecule has 0 aliphatic heterocycles. The van der Waals surface area contributed by atoms with Crippen LogP contribution in [0.15, 0.2) is 66.7 Å². The molecule has 36 heavy (non-hydrogen) atoms. The molecule has 0 unspecified atom stereocenters. The molecule has 6 N–H and O–H groups in total. The summed E-state index contributed by atoms with van der Waals surface area (Å²) >= 11 is 6.17. The van der Waals surface area contributed by atoms with E-state index in [1.807, 2.05) is 0 Å². The predicted octanol–water partition coefficient (Wildman–Crippen LogP) is 2.51. The number of nitrogen functional groups attached to an aromatic ring is 1. The summed E-state index contributed by atoms with van der Waals surface area (Å²) in [5, 5.41) is 10.2. The lowest BCUT2D eigenvalue weighted by Crippen LogP contribution is -2.39. The van der Waals surface area contributed by atoms with Gasteiger partial charge in [0.25, 0.3) is 5.91 Å². The van der Waals surface area contributed by atoms with Gasteiger partial charge in [0, 0.05) is 22.7 Å². The summed E-state index contributed by atoms with van der Waals surface area (Å²) in [7, 11) is -4.22. The Kier molecular flexibility index (Phi) is 8.28. The number of carbonyl (C=O) groups is 2. The highest BCUT2D eigenvalue weighted by Crippen LogP contribution is 2.26. The van der Waals surface area contributed by atoms with Gasteiger partial charge in [0.05, 0.1) is 11.4 Å². The van der Waals surface area contributed by atoms with Crippen LogP contribution in [0.25, 0.3) is 0 Å². The van der Waals surface area contributed by atoms with Gasteiger partial charge in [-0.05, 0) is 41.5 Å². The van der Waals surface area contributed by atoms with Gasteiger partial charge in [-0.15, -0.1) is 0 Å². The molecule has 12 heteroatoms. The molecule has 0 bridgehead atoms. The van der Waals surface area contributed by atoms with Crippen molar-refractivity contribution in [3.05, 3.63) is 99.8 Å². The number of nitrogens with zero attached hydrogens (tertiary/aromatic N) is 1. The average molecular weight is 532 g/mol. The molecule has 2 amide bonds. The van der Waals surface area contributed by atoms with Crippen molar-refractivity contribution in [3.63, 3.8) is 0 Å². The van der Waals surface area contributed by atoms with Gasteiger partial charge in [-0.2, -0.15) is 0 Å². The zero-order chi connectivity index (χ0) is 26.5. The molecule has 0 atom stereocenters. The zero-order valence-corrected chi connectivity index (χ0v) is 20.4. The average Bonchev–Trinajstić information content (AvgIpc) is 2.80. The maximum Gasteiger partial charge on any atom is 0.251 e. The first kappa shape index (κ1) is 26.6. The SMILES string of the molecule is N=C(N)c1ccc(CNC(=O)c2cc(Cl)cc(N(CC(N)=O)S(=O)(=O)Cc3cccc(F)c3)c2)cc1. The summed E-state index contributed by atoms with van der Waals surface area (Å²) in [5.74, 6) is -2.78. The van der Waals surface area contributed by atoms with E-state index in [2.05, 4.69) is 5.32 Å². The minimum absolute atomic E-state index is 0.0475. The maximum atomic E-state index is 13.6. The summed E-state index contributed by atoms with van der Waals surface area (Å²) in [4.78, 5) is 24.5. The quantitative estimate of drug-likeness (QED) is 0.233. The van der Waals surface area contributed by atoms with E-state index in [9.17, 15) is 22.4 Å². The summed E-state index contributed by atoms with van der Waals surface area (Å²) in [6, 6.07) is 15.6. The van der Waals surface area contributed by atoms with Crippen molar-refractivity contribution in [2.75, 3.05) is 10.8 Å². The van der Waals surface area contributed by atoms with Crippen molar-refractivity contribution in [2.24, 2.45) is 11.5 Å². The van der Waals surface area contributed by atoms with E-state index in [0.717, 1.165) is 15.9 Å². The van der Waals surface area contributed by atoms with Crippen LogP contribution in [0.4, 0.5) is 10.1 Å². The van der Waals surface area contributed by atoms with Crippen molar-refractivity contribution in [1.29, 1.82) is 5.41 Å². The first-order chi connectivity index (χ1) is 16.9. The van der Waals surface area contributed by atoms with Gasteiger partial charge in [0.1, 0.15) is 18.2 Å². The first-order valence-corrected chi connectivity index (χ1v) is 12.5. The minimum atomic E-state index is -4.22. The number of anilines is 1. The number of sulfonamides is 1. The Morgan fingerprint density at radius 2 is 1.67 bits per heavy atom. The second-order valence-electron chi connectivity index (χ2n) is 7.85. The second-order valence-corrected chi connectivity index (χ2v) is 10.2. The third kappa shape index (κ3) is 7.03. The molecule has 188 valence electrons. The largest absolute Gasteiger partial charge is 0.384 e. The Bertz CT molecular complexity index is 1410. The molecule has 0 aromatic heterocycles. The predicted molar refractivity (Wildman–Crippen MR) is 136 cm³/mol. The van der Waals surface area contributed by atoms with Crippen molar-refractivity contribution >= 4 is 45.0 Å². The van der Waals surface area contributed by atoms with Crippen LogP contribution in [0.2, 0.25) is 5.02 Å². The number of rotatable bonds is 10. The third-order valence-corrected chi connectivity index (χ3v) is 6.95. The monoisotopic (exact) mass is 531 g/mol. The summed E-state index contributed by atoms with van der Waals surface area (Å²) in [6.45, 7) is -0.566. The van der Waals surface area contributed by atoms with Crippen molar-refractivity contribution in [1.82, 2.24) is 5.32 Å². The zero-order valence-electron chi connectivity index (χ0n) is 18.9.